The zero-order chi connectivity index (χ0) is 66.0. The van der Waals surface area contributed by atoms with Gasteiger partial charge in [0.2, 0.25) is 0 Å². The third-order valence-corrected chi connectivity index (χ3v) is 21.2. The Kier molecular flexibility index (Phi) is 13.4. The van der Waals surface area contributed by atoms with Crippen LogP contribution in [-0.4, -0.2) is 9.13 Å². The summed E-state index contributed by atoms with van der Waals surface area (Å²) in [5.74, 6) is 0. The van der Waals surface area contributed by atoms with Crippen LogP contribution in [0.5, 0.6) is 0 Å². The van der Waals surface area contributed by atoms with Crippen LogP contribution < -0.4 is 0 Å². The highest BCUT2D eigenvalue weighted by Crippen LogP contribution is 2.48. The van der Waals surface area contributed by atoms with Crippen molar-refractivity contribution in [1.29, 1.82) is 0 Å². The fourth-order valence-electron chi connectivity index (χ4n) is 16.6. The topological polar surface area (TPSA) is 9.86 Å². The number of rotatable bonds is 6. The molecule has 0 aliphatic rings. The highest BCUT2D eigenvalue weighted by atomic mass is 15.0. The molecule has 18 aromatic carbocycles. The summed E-state index contributed by atoms with van der Waals surface area (Å²) in [6.45, 7) is 8.98. The second kappa shape index (κ2) is 22.9. The number of benzene rings is 18. The summed E-state index contributed by atoms with van der Waals surface area (Å²) in [4.78, 5) is 0. The van der Waals surface area contributed by atoms with E-state index in [1.54, 1.807) is 0 Å². The molecule has 0 aliphatic heterocycles. The standard InChI is InChI=1S/C50H37N.C47H31N/c1-50(2,3)36-26-20-34(21-27-36)46-40-16-8-10-18-42(40)47(43-19-11-9-17-41(43)46)35-22-28-37(29-23-35)51-44-30-24-32-12-4-6-14-38(32)48(44)49-39-15-7-5-13-33(39)25-31-45(49)51;1-30-18-20-33(21-19-30)44-38-14-6-8-16-40(38)45(41-17-9-7-15-39(41)44)34-22-26-35(27-23-34)48-42-28-24-31-10-2-4-12-36(31)46(42)47-37-13-5-3-11-32(37)25-29-43(47)48/h4-31H,1-3H3;2-29H,1H3. The van der Waals surface area contributed by atoms with Gasteiger partial charge in [0.1, 0.15) is 0 Å². The van der Waals surface area contributed by atoms with E-state index in [1.165, 1.54) is 185 Å². The minimum absolute atomic E-state index is 0.111. The van der Waals surface area contributed by atoms with E-state index < -0.39 is 0 Å². The van der Waals surface area contributed by atoms with Gasteiger partial charge in [-0.2, -0.15) is 0 Å². The fraction of sp³-hybridized carbons (Fsp3) is 0.0515. The van der Waals surface area contributed by atoms with Crippen molar-refractivity contribution in [2.45, 2.75) is 33.1 Å². The zero-order valence-corrected chi connectivity index (χ0v) is 55.7. The maximum Gasteiger partial charge on any atom is 0.0547 e. The van der Waals surface area contributed by atoms with Crippen LogP contribution in [0.1, 0.15) is 31.9 Å². The maximum absolute atomic E-state index is 2.45. The molecule has 0 saturated carbocycles. The van der Waals surface area contributed by atoms with Crippen molar-refractivity contribution in [2.75, 3.05) is 0 Å². The first-order valence-electron chi connectivity index (χ1n) is 34.6. The number of aryl methyl sites for hydroxylation is 1. The normalized spacial score (nSPS) is 12.0. The van der Waals surface area contributed by atoms with Gasteiger partial charge in [0.15, 0.2) is 0 Å². The molecule has 2 aromatic heterocycles. The second-order valence-electron chi connectivity index (χ2n) is 27.9. The lowest BCUT2D eigenvalue weighted by Crippen LogP contribution is -2.10. The smallest absolute Gasteiger partial charge is 0.0547 e. The summed E-state index contributed by atoms with van der Waals surface area (Å²) in [6.07, 6.45) is 0. The lowest BCUT2D eigenvalue weighted by molar-refractivity contribution is 0.590. The average Bonchev–Trinajstić information content (AvgIpc) is 1.48. The first-order chi connectivity index (χ1) is 48.7. The van der Waals surface area contributed by atoms with Gasteiger partial charge in [-0.1, -0.05) is 318 Å². The molecule has 0 N–H and O–H groups in total. The van der Waals surface area contributed by atoms with E-state index in [2.05, 4.69) is 377 Å². The van der Waals surface area contributed by atoms with Crippen LogP contribution in [0.4, 0.5) is 0 Å². The second-order valence-corrected chi connectivity index (χ2v) is 27.9. The van der Waals surface area contributed by atoms with Crippen LogP contribution in [0, 0.1) is 6.92 Å². The molecule has 0 radical (unpaired) electrons. The molecule has 0 bridgehead atoms. The van der Waals surface area contributed by atoms with Crippen molar-refractivity contribution in [3.8, 4) is 55.9 Å². The molecule has 0 spiro atoms. The molecule has 0 fully saturated rings. The summed E-state index contributed by atoms with van der Waals surface area (Å²) >= 11 is 0. The van der Waals surface area contributed by atoms with E-state index in [1.807, 2.05) is 0 Å². The molecule has 2 nitrogen and oxygen atoms in total. The van der Waals surface area contributed by atoms with Gasteiger partial charge >= 0.3 is 0 Å². The van der Waals surface area contributed by atoms with Gasteiger partial charge < -0.3 is 9.13 Å². The van der Waals surface area contributed by atoms with Gasteiger partial charge in [0.25, 0.3) is 0 Å². The van der Waals surface area contributed by atoms with Crippen molar-refractivity contribution in [2.24, 2.45) is 0 Å². The Labute approximate surface area is 575 Å². The molecule has 0 unspecified atom stereocenters. The highest BCUT2D eigenvalue weighted by molar-refractivity contribution is 6.31. The molecule has 0 atom stereocenters. The molecule has 0 amide bonds. The SMILES string of the molecule is CC(C)(C)c1ccc(-c2c3ccccc3c(-c3ccc(-n4c5ccc6ccccc6c5c5c6ccccc6ccc54)cc3)c3ccccc23)cc1.Cc1ccc(-c2c3ccccc3c(-c3ccc(-n4c5ccc6ccccc6c5c5c6ccccc6ccc54)cc3)c3ccccc23)cc1. The van der Waals surface area contributed by atoms with Crippen molar-refractivity contribution in [3.05, 3.63) is 351 Å². The van der Waals surface area contributed by atoms with Gasteiger partial charge in [0.05, 0.1) is 22.1 Å². The van der Waals surface area contributed by atoms with Gasteiger partial charge in [-0.25, -0.2) is 0 Å². The van der Waals surface area contributed by atoms with Crippen LogP contribution in [0.3, 0.4) is 0 Å². The highest BCUT2D eigenvalue weighted by Gasteiger charge is 2.23. The van der Waals surface area contributed by atoms with E-state index in [4.69, 9.17) is 0 Å². The minimum atomic E-state index is 0.111. The Morgan fingerprint density at radius 1 is 0.202 bits per heavy atom. The molecular formula is C97H68N2. The largest absolute Gasteiger partial charge is 0.309 e. The lowest BCUT2D eigenvalue weighted by Gasteiger charge is -2.21. The zero-order valence-electron chi connectivity index (χ0n) is 55.7. The van der Waals surface area contributed by atoms with Crippen LogP contribution >= 0.6 is 0 Å². The first-order valence-corrected chi connectivity index (χ1v) is 34.6. The maximum atomic E-state index is 2.45. The van der Waals surface area contributed by atoms with Crippen LogP contribution in [0.15, 0.2) is 340 Å². The van der Waals surface area contributed by atoms with E-state index >= 15 is 0 Å². The van der Waals surface area contributed by atoms with Crippen LogP contribution in [0.2, 0.25) is 0 Å². The van der Waals surface area contributed by atoms with Gasteiger partial charge in [0, 0.05) is 32.9 Å². The van der Waals surface area contributed by atoms with Crippen LogP contribution in [-0.2, 0) is 5.41 Å². The minimum Gasteiger partial charge on any atom is -0.309 e. The predicted octanol–water partition coefficient (Wildman–Crippen LogP) is 27.1. The third kappa shape index (κ3) is 9.31. The number of nitrogens with zero attached hydrogens (tertiary/aromatic N) is 2. The summed E-state index contributed by atoms with van der Waals surface area (Å²) < 4.78 is 4.90. The summed E-state index contributed by atoms with van der Waals surface area (Å²) in [5.41, 5.74) is 20.1. The molecule has 2 heteroatoms. The van der Waals surface area contributed by atoms with E-state index in [0.717, 1.165) is 11.4 Å². The molecule has 2 heterocycles. The molecular weight excluding hydrogens is 1190 g/mol. The molecule has 0 aliphatic carbocycles. The van der Waals surface area contributed by atoms with Gasteiger partial charge in [-0.3, -0.25) is 0 Å². The summed E-state index contributed by atoms with van der Waals surface area (Å²) in [5, 5.41) is 25.7. The average molecular weight is 1260 g/mol. The Hall–Kier alpha value is -12.4. The number of aromatic nitrogens is 2. The van der Waals surface area contributed by atoms with Crippen molar-refractivity contribution in [3.63, 3.8) is 0 Å². The Balaban J connectivity index is 0.000000139. The molecule has 0 saturated heterocycles. The molecule has 466 valence electrons. The van der Waals surface area contributed by atoms with Crippen molar-refractivity contribution in [1.82, 2.24) is 9.13 Å². The van der Waals surface area contributed by atoms with Gasteiger partial charge in [-0.15, -0.1) is 0 Å². The van der Waals surface area contributed by atoms with Crippen molar-refractivity contribution >= 4 is 130 Å². The quantitative estimate of drug-likeness (QED) is 0.147. The fourth-order valence-corrected chi connectivity index (χ4v) is 16.6. The number of hydrogen-bond donors (Lipinski definition) is 0. The Bertz CT molecular complexity index is 6360. The third-order valence-electron chi connectivity index (χ3n) is 21.2. The summed E-state index contributed by atoms with van der Waals surface area (Å²) in [6, 6.07) is 126. The predicted molar refractivity (Wildman–Crippen MR) is 427 cm³/mol. The van der Waals surface area contributed by atoms with Crippen molar-refractivity contribution < 1.29 is 0 Å². The van der Waals surface area contributed by atoms with E-state index in [9.17, 15) is 0 Å². The number of fused-ring (bicyclic) bond motifs is 18. The molecule has 99 heavy (non-hydrogen) atoms. The van der Waals surface area contributed by atoms with E-state index in [0.29, 0.717) is 0 Å². The Morgan fingerprint density at radius 3 is 0.657 bits per heavy atom. The van der Waals surface area contributed by atoms with E-state index in [-0.39, 0.29) is 5.41 Å². The first kappa shape index (κ1) is 58.0. The van der Waals surface area contributed by atoms with Crippen LogP contribution in [0.25, 0.3) is 186 Å². The summed E-state index contributed by atoms with van der Waals surface area (Å²) in [7, 11) is 0. The Morgan fingerprint density at radius 2 is 0.414 bits per heavy atom. The monoisotopic (exact) mass is 1260 g/mol. The number of hydrogen-bond acceptors (Lipinski definition) is 0. The van der Waals surface area contributed by atoms with Gasteiger partial charge in [-0.05, 0) is 197 Å². The molecule has 20 aromatic rings. The molecule has 20 rings (SSSR count). The lowest BCUT2D eigenvalue weighted by atomic mass is 9.83.